The van der Waals surface area contributed by atoms with Crippen molar-refractivity contribution in [1.82, 2.24) is 10.1 Å². The highest BCUT2D eigenvalue weighted by Gasteiger charge is 2.09. The van der Waals surface area contributed by atoms with E-state index in [4.69, 9.17) is 33.5 Å². The molecule has 0 saturated heterocycles. The van der Waals surface area contributed by atoms with E-state index in [1.165, 1.54) is 0 Å². The van der Waals surface area contributed by atoms with E-state index in [2.05, 4.69) is 10.1 Å². The molecule has 1 aromatic carbocycles. The first-order valence-corrected chi connectivity index (χ1v) is 7.40. The SMILES string of the molecule is NCCCCCc1nc(Cc2ccc(Cl)cc2Cl)no1. The third-order valence-electron chi connectivity index (χ3n) is 2.97. The van der Waals surface area contributed by atoms with Gasteiger partial charge in [-0.15, -0.1) is 0 Å². The lowest BCUT2D eigenvalue weighted by atomic mass is 10.1. The Balaban J connectivity index is 1.92. The van der Waals surface area contributed by atoms with Gasteiger partial charge in [-0.1, -0.05) is 40.8 Å². The Kier molecular flexibility index (Phi) is 5.83. The van der Waals surface area contributed by atoms with Crippen LogP contribution in [-0.2, 0) is 12.8 Å². The first-order chi connectivity index (χ1) is 9.69. The smallest absolute Gasteiger partial charge is 0.226 e. The summed E-state index contributed by atoms with van der Waals surface area (Å²) in [5.41, 5.74) is 6.39. The van der Waals surface area contributed by atoms with Crippen LogP contribution in [0.25, 0.3) is 0 Å². The molecule has 0 unspecified atom stereocenters. The Labute approximate surface area is 128 Å². The molecule has 0 spiro atoms. The molecule has 108 valence electrons. The molecule has 6 heteroatoms. The second-order valence-corrected chi connectivity index (χ2v) is 5.46. The highest BCUT2D eigenvalue weighted by atomic mass is 35.5. The van der Waals surface area contributed by atoms with Gasteiger partial charge in [0, 0.05) is 22.9 Å². The van der Waals surface area contributed by atoms with Crippen LogP contribution in [0.1, 0.15) is 36.5 Å². The van der Waals surface area contributed by atoms with E-state index < -0.39 is 0 Å². The van der Waals surface area contributed by atoms with Crippen LogP contribution in [-0.4, -0.2) is 16.7 Å². The highest BCUT2D eigenvalue weighted by molar-refractivity contribution is 6.35. The minimum atomic E-state index is 0.544. The molecule has 2 aromatic rings. The molecule has 2 rings (SSSR count). The fourth-order valence-corrected chi connectivity index (χ4v) is 2.37. The van der Waals surface area contributed by atoms with Crippen molar-refractivity contribution >= 4 is 23.2 Å². The summed E-state index contributed by atoms with van der Waals surface area (Å²) in [7, 11) is 0. The second-order valence-electron chi connectivity index (χ2n) is 4.62. The van der Waals surface area contributed by atoms with Gasteiger partial charge in [-0.3, -0.25) is 0 Å². The average Bonchev–Trinajstić information content (AvgIpc) is 2.86. The molecular formula is C14H17Cl2N3O. The molecule has 0 amide bonds. The summed E-state index contributed by atoms with van der Waals surface area (Å²) in [5.74, 6) is 1.31. The van der Waals surface area contributed by atoms with Crippen LogP contribution in [0.5, 0.6) is 0 Å². The average molecular weight is 314 g/mol. The number of aromatic nitrogens is 2. The highest BCUT2D eigenvalue weighted by Crippen LogP contribution is 2.22. The summed E-state index contributed by atoms with van der Waals surface area (Å²) in [4.78, 5) is 4.37. The monoisotopic (exact) mass is 313 g/mol. The van der Waals surface area contributed by atoms with Crippen molar-refractivity contribution in [2.24, 2.45) is 5.73 Å². The normalized spacial score (nSPS) is 10.9. The molecule has 1 aromatic heterocycles. The van der Waals surface area contributed by atoms with Gasteiger partial charge in [-0.05, 0) is 37.1 Å². The molecule has 0 atom stereocenters. The maximum absolute atomic E-state index is 6.12. The Bertz CT molecular complexity index is 557. The van der Waals surface area contributed by atoms with Crippen LogP contribution >= 0.6 is 23.2 Å². The summed E-state index contributed by atoms with van der Waals surface area (Å²) in [6, 6.07) is 5.39. The van der Waals surface area contributed by atoms with Crippen molar-refractivity contribution in [1.29, 1.82) is 0 Å². The second kappa shape index (κ2) is 7.62. The molecule has 0 radical (unpaired) electrons. The van der Waals surface area contributed by atoms with E-state index in [0.717, 1.165) is 37.8 Å². The zero-order valence-corrected chi connectivity index (χ0v) is 12.6. The predicted molar refractivity (Wildman–Crippen MR) is 80.2 cm³/mol. The molecule has 0 fully saturated rings. The van der Waals surface area contributed by atoms with E-state index in [9.17, 15) is 0 Å². The van der Waals surface area contributed by atoms with Crippen LogP contribution in [0, 0.1) is 0 Å². The van der Waals surface area contributed by atoms with Gasteiger partial charge in [0.2, 0.25) is 5.89 Å². The molecular weight excluding hydrogens is 297 g/mol. The molecule has 4 nitrogen and oxygen atoms in total. The van der Waals surface area contributed by atoms with Crippen molar-refractivity contribution in [3.8, 4) is 0 Å². The molecule has 1 heterocycles. The van der Waals surface area contributed by atoms with Crippen molar-refractivity contribution in [2.75, 3.05) is 6.54 Å². The topological polar surface area (TPSA) is 64.9 Å². The summed E-state index contributed by atoms with van der Waals surface area (Å²) in [6.45, 7) is 0.726. The van der Waals surface area contributed by atoms with Crippen molar-refractivity contribution in [3.05, 3.63) is 45.5 Å². The predicted octanol–water partition coefficient (Wildman–Crippen LogP) is 3.64. The van der Waals surface area contributed by atoms with E-state index >= 15 is 0 Å². The van der Waals surface area contributed by atoms with Crippen LogP contribution in [0.3, 0.4) is 0 Å². The number of aryl methyl sites for hydroxylation is 1. The third-order valence-corrected chi connectivity index (χ3v) is 3.56. The molecule has 0 aliphatic carbocycles. The number of rotatable bonds is 7. The maximum atomic E-state index is 6.12. The van der Waals surface area contributed by atoms with Gasteiger partial charge in [0.05, 0.1) is 0 Å². The van der Waals surface area contributed by atoms with Crippen molar-refractivity contribution < 1.29 is 4.52 Å². The van der Waals surface area contributed by atoms with Crippen molar-refractivity contribution in [2.45, 2.75) is 32.1 Å². The molecule has 20 heavy (non-hydrogen) atoms. The van der Waals surface area contributed by atoms with Gasteiger partial charge >= 0.3 is 0 Å². The zero-order chi connectivity index (χ0) is 14.4. The van der Waals surface area contributed by atoms with E-state index in [0.29, 0.717) is 28.2 Å². The molecule has 2 N–H and O–H groups in total. The van der Waals surface area contributed by atoms with Gasteiger partial charge in [0.15, 0.2) is 5.82 Å². The molecule has 0 saturated carbocycles. The minimum absolute atomic E-state index is 0.544. The van der Waals surface area contributed by atoms with Crippen molar-refractivity contribution in [3.63, 3.8) is 0 Å². The van der Waals surface area contributed by atoms with Gasteiger partial charge in [0.25, 0.3) is 0 Å². The largest absolute Gasteiger partial charge is 0.339 e. The Morgan fingerprint density at radius 2 is 2.00 bits per heavy atom. The summed E-state index contributed by atoms with van der Waals surface area (Å²) in [6.07, 6.45) is 4.46. The zero-order valence-electron chi connectivity index (χ0n) is 11.1. The summed E-state index contributed by atoms with van der Waals surface area (Å²) in [5, 5.41) is 5.21. The van der Waals surface area contributed by atoms with E-state index in [1.807, 2.05) is 6.07 Å². The number of unbranched alkanes of at least 4 members (excludes halogenated alkanes) is 2. The quantitative estimate of drug-likeness (QED) is 0.792. The van der Waals surface area contributed by atoms with Gasteiger partial charge in [-0.25, -0.2) is 0 Å². The lowest BCUT2D eigenvalue weighted by Crippen LogP contribution is -1.98. The molecule has 0 aliphatic rings. The first kappa shape index (κ1) is 15.3. The van der Waals surface area contributed by atoms with Crippen LogP contribution in [0.4, 0.5) is 0 Å². The van der Waals surface area contributed by atoms with Gasteiger partial charge < -0.3 is 10.3 Å². The lowest BCUT2D eigenvalue weighted by Gasteiger charge is -2.00. The van der Waals surface area contributed by atoms with Gasteiger partial charge in [0.1, 0.15) is 0 Å². The number of nitrogens with zero attached hydrogens (tertiary/aromatic N) is 2. The first-order valence-electron chi connectivity index (χ1n) is 6.64. The third kappa shape index (κ3) is 4.47. The number of halogens is 2. The Hall–Kier alpha value is -1.10. The van der Waals surface area contributed by atoms with Crippen LogP contribution in [0.15, 0.2) is 22.7 Å². The standard InChI is InChI=1S/C14H17Cl2N3O/c15-11-6-5-10(12(16)9-11)8-13-18-14(20-19-13)4-2-1-3-7-17/h5-6,9H,1-4,7-8,17H2. The van der Waals surface area contributed by atoms with Crippen LogP contribution < -0.4 is 5.73 Å². The number of hydrogen-bond acceptors (Lipinski definition) is 4. The minimum Gasteiger partial charge on any atom is -0.339 e. The molecule has 0 bridgehead atoms. The number of benzene rings is 1. The lowest BCUT2D eigenvalue weighted by molar-refractivity contribution is 0.369. The summed E-state index contributed by atoms with van der Waals surface area (Å²) >= 11 is 12.0. The number of nitrogens with two attached hydrogens (primary N) is 1. The van der Waals surface area contributed by atoms with E-state index in [-0.39, 0.29) is 0 Å². The Morgan fingerprint density at radius 1 is 1.15 bits per heavy atom. The van der Waals surface area contributed by atoms with Gasteiger partial charge in [-0.2, -0.15) is 4.98 Å². The fourth-order valence-electron chi connectivity index (χ4n) is 1.90. The fraction of sp³-hybridized carbons (Fsp3) is 0.429. The number of hydrogen-bond donors (Lipinski definition) is 1. The summed E-state index contributed by atoms with van der Waals surface area (Å²) < 4.78 is 5.22. The Morgan fingerprint density at radius 3 is 2.75 bits per heavy atom. The van der Waals surface area contributed by atoms with Crippen LogP contribution in [0.2, 0.25) is 10.0 Å². The molecule has 0 aliphatic heterocycles. The maximum Gasteiger partial charge on any atom is 0.226 e. The van der Waals surface area contributed by atoms with E-state index in [1.54, 1.807) is 12.1 Å².